The molecule has 4 heteroatoms. The second kappa shape index (κ2) is 7.53. The third-order valence-electron chi connectivity index (χ3n) is 6.51. The molecule has 3 atom stereocenters. The van der Waals surface area contributed by atoms with Gasteiger partial charge in [-0.3, -0.25) is 4.79 Å². The molecule has 1 saturated heterocycles. The summed E-state index contributed by atoms with van der Waals surface area (Å²) in [5.41, 5.74) is 6.19. The van der Waals surface area contributed by atoms with Crippen LogP contribution in [0, 0.1) is 11.3 Å². The number of hydrogen-bond donors (Lipinski definition) is 1. The Morgan fingerprint density at radius 1 is 1.14 bits per heavy atom. The number of fused-ring (bicyclic) bond motifs is 1. The topological polar surface area (TPSA) is 46.3 Å². The van der Waals surface area contributed by atoms with Crippen LogP contribution in [0.2, 0.25) is 0 Å². The smallest absolute Gasteiger partial charge is 0.223 e. The summed E-state index contributed by atoms with van der Waals surface area (Å²) in [5, 5.41) is 0. The van der Waals surface area contributed by atoms with Crippen LogP contribution in [0.1, 0.15) is 77.6 Å². The monoisotopic (exact) mass is 328 g/mol. The van der Waals surface area contributed by atoms with Gasteiger partial charge in [0.25, 0.3) is 0 Å². The first kappa shape index (κ1) is 18.1. The molecule has 0 aromatic rings. The van der Waals surface area contributed by atoms with Gasteiger partial charge in [-0.1, -0.05) is 32.1 Å². The first-order valence-electron chi connectivity index (χ1n) is 9.16. The molecule has 0 aromatic carbocycles. The van der Waals surface area contributed by atoms with Gasteiger partial charge >= 0.3 is 0 Å². The molecule has 1 aliphatic heterocycles. The van der Waals surface area contributed by atoms with E-state index < -0.39 is 0 Å². The summed E-state index contributed by atoms with van der Waals surface area (Å²) in [6.45, 7) is 2.95. The van der Waals surface area contributed by atoms with Gasteiger partial charge in [-0.25, -0.2) is 0 Å². The molecule has 22 heavy (non-hydrogen) atoms. The Morgan fingerprint density at radius 3 is 2.50 bits per heavy atom. The van der Waals surface area contributed by atoms with E-state index in [-0.39, 0.29) is 17.8 Å². The average molecular weight is 329 g/mol. The highest BCUT2D eigenvalue weighted by Gasteiger charge is 2.44. The van der Waals surface area contributed by atoms with Gasteiger partial charge in [0.2, 0.25) is 5.91 Å². The van der Waals surface area contributed by atoms with Gasteiger partial charge in [-0.2, -0.15) is 0 Å². The van der Waals surface area contributed by atoms with Gasteiger partial charge in [0.15, 0.2) is 0 Å². The molecule has 0 bridgehead atoms. The number of halogens is 1. The van der Waals surface area contributed by atoms with Crippen LogP contribution in [-0.4, -0.2) is 29.4 Å². The predicted molar refractivity (Wildman–Crippen MR) is 93.1 cm³/mol. The van der Waals surface area contributed by atoms with Gasteiger partial charge < -0.3 is 10.6 Å². The van der Waals surface area contributed by atoms with E-state index in [1.165, 1.54) is 51.4 Å². The van der Waals surface area contributed by atoms with Crippen LogP contribution in [0.25, 0.3) is 0 Å². The Balaban J connectivity index is 0.00000176. The SMILES string of the molecule is CC1CC2CCCCC2N1C(=O)CC1(CN)CCCCC1.Cl. The fourth-order valence-corrected chi connectivity index (χ4v) is 5.31. The number of hydrogen-bond acceptors (Lipinski definition) is 2. The Bertz CT molecular complexity index is 381. The van der Waals surface area contributed by atoms with Crippen molar-refractivity contribution in [2.45, 2.75) is 89.6 Å². The van der Waals surface area contributed by atoms with E-state index in [1.807, 2.05) is 0 Å². The number of likely N-dealkylation sites (tertiary alicyclic amines) is 1. The van der Waals surface area contributed by atoms with Crippen molar-refractivity contribution in [1.29, 1.82) is 0 Å². The molecule has 2 aliphatic carbocycles. The summed E-state index contributed by atoms with van der Waals surface area (Å²) in [7, 11) is 0. The van der Waals surface area contributed by atoms with Crippen molar-refractivity contribution < 1.29 is 4.79 Å². The predicted octanol–water partition coefficient (Wildman–Crippen LogP) is 3.89. The third kappa shape index (κ3) is 3.46. The van der Waals surface area contributed by atoms with Gasteiger partial charge in [0.1, 0.15) is 0 Å². The van der Waals surface area contributed by atoms with Crippen molar-refractivity contribution in [3.63, 3.8) is 0 Å². The van der Waals surface area contributed by atoms with Gasteiger partial charge in [-0.05, 0) is 56.9 Å². The first-order chi connectivity index (χ1) is 10.2. The molecule has 3 rings (SSSR count). The highest BCUT2D eigenvalue weighted by Crippen LogP contribution is 2.43. The zero-order chi connectivity index (χ0) is 14.9. The fourth-order valence-electron chi connectivity index (χ4n) is 5.31. The van der Waals surface area contributed by atoms with E-state index in [9.17, 15) is 4.79 Å². The summed E-state index contributed by atoms with van der Waals surface area (Å²) in [6.07, 6.45) is 13.3. The Labute approximate surface area is 141 Å². The van der Waals surface area contributed by atoms with Crippen LogP contribution in [0.4, 0.5) is 0 Å². The second-order valence-electron chi connectivity index (χ2n) is 7.94. The van der Waals surface area contributed by atoms with Crippen LogP contribution in [-0.2, 0) is 4.79 Å². The minimum Gasteiger partial charge on any atom is -0.337 e. The molecule has 3 fully saturated rings. The molecule has 3 nitrogen and oxygen atoms in total. The Hall–Kier alpha value is -0.280. The maximum atomic E-state index is 13.0. The van der Waals surface area contributed by atoms with Crippen molar-refractivity contribution in [3.05, 3.63) is 0 Å². The van der Waals surface area contributed by atoms with Crippen LogP contribution < -0.4 is 5.73 Å². The number of rotatable bonds is 3. The molecule has 128 valence electrons. The van der Waals surface area contributed by atoms with Crippen molar-refractivity contribution >= 4 is 18.3 Å². The van der Waals surface area contributed by atoms with Crippen molar-refractivity contribution in [3.8, 4) is 0 Å². The molecule has 0 radical (unpaired) electrons. The molecule has 0 spiro atoms. The maximum absolute atomic E-state index is 13.0. The molecule has 2 N–H and O–H groups in total. The molecular formula is C18H33ClN2O. The van der Waals surface area contributed by atoms with E-state index in [2.05, 4.69) is 11.8 Å². The lowest BCUT2D eigenvalue weighted by atomic mass is 9.71. The number of nitrogens with zero attached hydrogens (tertiary/aromatic N) is 1. The summed E-state index contributed by atoms with van der Waals surface area (Å²) >= 11 is 0. The van der Waals surface area contributed by atoms with Gasteiger partial charge in [-0.15, -0.1) is 12.4 Å². The van der Waals surface area contributed by atoms with Crippen LogP contribution in [0.15, 0.2) is 0 Å². The van der Waals surface area contributed by atoms with E-state index in [0.717, 1.165) is 18.8 Å². The van der Waals surface area contributed by atoms with Crippen LogP contribution in [0.5, 0.6) is 0 Å². The van der Waals surface area contributed by atoms with Crippen LogP contribution in [0.3, 0.4) is 0 Å². The van der Waals surface area contributed by atoms with Crippen molar-refractivity contribution in [2.24, 2.45) is 17.1 Å². The minimum absolute atomic E-state index is 0. The van der Waals surface area contributed by atoms with E-state index >= 15 is 0 Å². The Morgan fingerprint density at radius 2 is 1.82 bits per heavy atom. The number of carbonyl (C=O) groups excluding carboxylic acids is 1. The van der Waals surface area contributed by atoms with E-state index in [1.54, 1.807) is 0 Å². The number of nitrogens with two attached hydrogens (primary N) is 1. The third-order valence-corrected chi connectivity index (χ3v) is 6.51. The molecule has 3 unspecified atom stereocenters. The summed E-state index contributed by atoms with van der Waals surface area (Å²) < 4.78 is 0. The zero-order valence-electron chi connectivity index (χ0n) is 14.1. The normalized spacial score (nSPS) is 33.9. The summed E-state index contributed by atoms with van der Waals surface area (Å²) in [6, 6.07) is 0.990. The quantitative estimate of drug-likeness (QED) is 0.854. The molecule has 2 saturated carbocycles. The molecule has 3 aliphatic rings. The average Bonchev–Trinajstić information content (AvgIpc) is 2.84. The molecule has 1 amide bonds. The maximum Gasteiger partial charge on any atom is 0.223 e. The Kier molecular flexibility index (Phi) is 6.18. The lowest BCUT2D eigenvalue weighted by Gasteiger charge is -2.39. The van der Waals surface area contributed by atoms with E-state index in [4.69, 9.17) is 5.73 Å². The fraction of sp³-hybridized carbons (Fsp3) is 0.944. The molecular weight excluding hydrogens is 296 g/mol. The van der Waals surface area contributed by atoms with Gasteiger partial charge in [0.05, 0.1) is 0 Å². The van der Waals surface area contributed by atoms with Crippen molar-refractivity contribution in [2.75, 3.05) is 6.54 Å². The lowest BCUT2D eigenvalue weighted by molar-refractivity contribution is -0.137. The summed E-state index contributed by atoms with van der Waals surface area (Å²) in [4.78, 5) is 15.3. The lowest BCUT2D eigenvalue weighted by Crippen LogP contribution is -2.46. The highest BCUT2D eigenvalue weighted by atomic mass is 35.5. The summed E-state index contributed by atoms with van der Waals surface area (Å²) in [5.74, 6) is 1.18. The first-order valence-corrected chi connectivity index (χ1v) is 9.16. The zero-order valence-corrected chi connectivity index (χ0v) is 14.9. The largest absolute Gasteiger partial charge is 0.337 e. The van der Waals surface area contributed by atoms with Gasteiger partial charge in [0, 0.05) is 18.5 Å². The van der Waals surface area contributed by atoms with Crippen LogP contribution >= 0.6 is 12.4 Å². The number of amides is 1. The minimum atomic E-state index is 0. The standard InChI is InChI=1S/C18H32N2O.ClH/c1-14-11-15-7-3-4-8-16(15)20(14)17(21)12-18(13-19)9-5-2-6-10-18;/h14-16H,2-13,19H2,1H3;1H. The number of carbonyl (C=O) groups is 1. The molecule has 0 aromatic heterocycles. The second-order valence-corrected chi connectivity index (χ2v) is 7.94. The highest BCUT2D eigenvalue weighted by molar-refractivity contribution is 5.85. The van der Waals surface area contributed by atoms with E-state index in [0.29, 0.717) is 31.0 Å². The van der Waals surface area contributed by atoms with Crippen molar-refractivity contribution in [1.82, 2.24) is 4.90 Å². The molecule has 1 heterocycles.